The Morgan fingerprint density at radius 1 is 1.12 bits per heavy atom. The van der Waals surface area contributed by atoms with Gasteiger partial charge in [-0.2, -0.15) is 5.26 Å². The highest BCUT2D eigenvalue weighted by Crippen LogP contribution is 2.18. The Kier molecular flexibility index (Phi) is 5.20. The van der Waals surface area contributed by atoms with Gasteiger partial charge in [0.2, 0.25) is 0 Å². The Morgan fingerprint density at radius 2 is 1.88 bits per heavy atom. The molecule has 0 N–H and O–H groups in total. The first-order valence-corrected chi connectivity index (χ1v) is 8.64. The lowest BCUT2D eigenvalue weighted by atomic mass is 10.2. The molecule has 0 aliphatic carbocycles. The van der Waals surface area contributed by atoms with Crippen molar-refractivity contribution in [1.29, 1.82) is 5.26 Å². The average Bonchev–Trinajstić information content (AvgIpc) is 2.88. The summed E-state index contributed by atoms with van der Waals surface area (Å²) in [6.45, 7) is 4.71. The summed E-state index contributed by atoms with van der Waals surface area (Å²) in [4.78, 5) is 21.1. The van der Waals surface area contributed by atoms with Crippen LogP contribution in [0, 0.1) is 18.3 Å². The van der Waals surface area contributed by atoms with Gasteiger partial charge >= 0.3 is 0 Å². The van der Waals surface area contributed by atoms with Gasteiger partial charge in [-0.05, 0) is 49.2 Å². The summed E-state index contributed by atoms with van der Waals surface area (Å²) in [7, 11) is 0. The molecule has 25 heavy (non-hydrogen) atoms. The third-order valence-electron chi connectivity index (χ3n) is 4.39. The van der Waals surface area contributed by atoms with Gasteiger partial charge in [0.15, 0.2) is 0 Å². The topological polar surface area (TPSA) is 60.2 Å². The summed E-state index contributed by atoms with van der Waals surface area (Å²) in [5.74, 6) is 0.816. The third kappa shape index (κ3) is 3.92. The molecule has 0 unspecified atom stereocenters. The number of halogens is 1. The number of hydrogen-bond acceptors (Lipinski definition) is 4. The molecule has 1 aromatic carbocycles. The molecule has 0 saturated carbocycles. The van der Waals surface area contributed by atoms with Crippen LogP contribution in [0.1, 0.15) is 28.0 Å². The number of nitriles is 1. The van der Waals surface area contributed by atoms with Gasteiger partial charge in [0, 0.05) is 36.8 Å². The van der Waals surface area contributed by atoms with E-state index >= 15 is 0 Å². The second-order valence-electron chi connectivity index (χ2n) is 6.09. The van der Waals surface area contributed by atoms with E-state index in [4.69, 9.17) is 16.9 Å². The molecule has 2 heterocycles. The molecule has 1 aliphatic heterocycles. The number of aromatic nitrogens is 1. The third-order valence-corrected chi connectivity index (χ3v) is 4.64. The number of rotatable bonds is 2. The normalized spacial score (nSPS) is 14.8. The first-order valence-electron chi connectivity index (χ1n) is 8.26. The summed E-state index contributed by atoms with van der Waals surface area (Å²) in [5, 5.41) is 9.79. The van der Waals surface area contributed by atoms with Crippen molar-refractivity contribution in [2.75, 3.05) is 31.1 Å². The highest BCUT2D eigenvalue weighted by Gasteiger charge is 2.21. The quantitative estimate of drug-likeness (QED) is 0.830. The van der Waals surface area contributed by atoms with E-state index in [9.17, 15) is 4.79 Å². The molecule has 5 nitrogen and oxygen atoms in total. The summed E-state index contributed by atoms with van der Waals surface area (Å²) in [5.41, 5.74) is 1.98. The maximum atomic E-state index is 12.7. The Bertz CT molecular complexity index is 813. The number of benzene rings is 1. The van der Waals surface area contributed by atoms with Crippen LogP contribution >= 0.6 is 11.6 Å². The van der Waals surface area contributed by atoms with Gasteiger partial charge in [-0.15, -0.1) is 0 Å². The molecule has 1 fully saturated rings. The minimum Gasteiger partial charge on any atom is -0.355 e. The molecule has 1 aliphatic rings. The van der Waals surface area contributed by atoms with Crippen molar-refractivity contribution in [3.05, 3.63) is 58.2 Å². The first-order chi connectivity index (χ1) is 12.1. The molecule has 1 saturated heterocycles. The van der Waals surface area contributed by atoms with E-state index < -0.39 is 0 Å². The fraction of sp³-hybridized carbons (Fsp3) is 0.316. The molecular weight excluding hydrogens is 336 g/mol. The van der Waals surface area contributed by atoms with Crippen molar-refractivity contribution < 1.29 is 4.79 Å². The summed E-state index contributed by atoms with van der Waals surface area (Å²) in [6.07, 6.45) is 0.858. The number of nitrogens with zero attached hydrogens (tertiary/aromatic N) is 4. The Hall–Kier alpha value is -2.58. The SMILES string of the molecule is Cc1ccc(N2CCCN(C(=O)c3ccc(Cl)cc3)CC2)nc1C#N. The summed E-state index contributed by atoms with van der Waals surface area (Å²) >= 11 is 5.89. The molecule has 0 atom stereocenters. The fourth-order valence-corrected chi connectivity index (χ4v) is 3.06. The lowest BCUT2D eigenvalue weighted by molar-refractivity contribution is 0.0767. The largest absolute Gasteiger partial charge is 0.355 e. The van der Waals surface area contributed by atoms with E-state index in [-0.39, 0.29) is 5.91 Å². The molecule has 0 bridgehead atoms. The number of aryl methyl sites for hydroxylation is 1. The number of amides is 1. The fourth-order valence-electron chi connectivity index (χ4n) is 2.93. The number of pyridine rings is 1. The average molecular weight is 355 g/mol. The van der Waals surface area contributed by atoms with Crippen LogP contribution in [0.5, 0.6) is 0 Å². The van der Waals surface area contributed by atoms with Crippen molar-refractivity contribution in [3.63, 3.8) is 0 Å². The van der Waals surface area contributed by atoms with Crippen LogP contribution in [-0.4, -0.2) is 42.0 Å². The number of anilines is 1. The van der Waals surface area contributed by atoms with Crippen LogP contribution in [0.3, 0.4) is 0 Å². The minimum atomic E-state index is 0.0214. The van der Waals surface area contributed by atoms with Gasteiger partial charge in [-0.1, -0.05) is 17.7 Å². The van der Waals surface area contributed by atoms with E-state index in [0.29, 0.717) is 35.9 Å². The predicted octanol–water partition coefficient (Wildman–Crippen LogP) is 3.27. The minimum absolute atomic E-state index is 0.0214. The number of carbonyl (C=O) groups excluding carboxylic acids is 1. The Morgan fingerprint density at radius 3 is 2.60 bits per heavy atom. The second-order valence-corrected chi connectivity index (χ2v) is 6.52. The van der Waals surface area contributed by atoms with Crippen LogP contribution in [-0.2, 0) is 0 Å². The second kappa shape index (κ2) is 7.54. The Balaban J connectivity index is 1.71. The molecule has 1 aromatic heterocycles. The van der Waals surface area contributed by atoms with E-state index in [0.717, 1.165) is 24.3 Å². The molecular formula is C19H19ClN4O. The van der Waals surface area contributed by atoms with Gasteiger partial charge < -0.3 is 9.80 Å². The van der Waals surface area contributed by atoms with Gasteiger partial charge in [-0.25, -0.2) is 4.98 Å². The van der Waals surface area contributed by atoms with E-state index in [2.05, 4.69) is 16.0 Å². The van der Waals surface area contributed by atoms with Crippen molar-refractivity contribution in [2.45, 2.75) is 13.3 Å². The van der Waals surface area contributed by atoms with E-state index in [1.54, 1.807) is 24.3 Å². The summed E-state index contributed by atoms with van der Waals surface area (Å²) in [6, 6.07) is 13.0. The molecule has 0 spiro atoms. The molecule has 6 heteroatoms. The van der Waals surface area contributed by atoms with Crippen LogP contribution in [0.4, 0.5) is 5.82 Å². The standard InChI is InChI=1S/C19H19ClN4O/c1-14-3-8-18(22-17(14)13-21)23-9-2-10-24(12-11-23)19(25)15-4-6-16(20)7-5-15/h3-8H,2,9-12H2,1H3. The molecule has 1 amide bonds. The van der Waals surface area contributed by atoms with Crippen LogP contribution < -0.4 is 4.90 Å². The smallest absolute Gasteiger partial charge is 0.253 e. The maximum absolute atomic E-state index is 12.7. The molecule has 0 radical (unpaired) electrons. The maximum Gasteiger partial charge on any atom is 0.253 e. The van der Waals surface area contributed by atoms with Crippen molar-refractivity contribution in [3.8, 4) is 6.07 Å². The van der Waals surface area contributed by atoms with E-state index in [1.165, 1.54) is 0 Å². The number of hydrogen-bond donors (Lipinski definition) is 0. The van der Waals surface area contributed by atoms with Gasteiger partial charge in [0.25, 0.3) is 5.91 Å². The van der Waals surface area contributed by atoms with Crippen molar-refractivity contribution in [2.24, 2.45) is 0 Å². The molecule has 3 rings (SSSR count). The zero-order valence-corrected chi connectivity index (χ0v) is 14.8. The lowest BCUT2D eigenvalue weighted by Crippen LogP contribution is -2.35. The highest BCUT2D eigenvalue weighted by molar-refractivity contribution is 6.30. The van der Waals surface area contributed by atoms with Gasteiger partial charge in [0.05, 0.1) is 0 Å². The van der Waals surface area contributed by atoms with Crippen LogP contribution in [0.2, 0.25) is 5.02 Å². The lowest BCUT2D eigenvalue weighted by Gasteiger charge is -2.23. The van der Waals surface area contributed by atoms with Crippen LogP contribution in [0.15, 0.2) is 36.4 Å². The molecule has 2 aromatic rings. The number of carbonyl (C=O) groups is 1. The van der Waals surface area contributed by atoms with E-state index in [1.807, 2.05) is 24.0 Å². The predicted molar refractivity (Wildman–Crippen MR) is 97.9 cm³/mol. The van der Waals surface area contributed by atoms with Gasteiger partial charge in [0.1, 0.15) is 17.6 Å². The zero-order valence-electron chi connectivity index (χ0n) is 14.1. The molecule has 128 valence electrons. The Labute approximate surface area is 152 Å². The monoisotopic (exact) mass is 354 g/mol. The van der Waals surface area contributed by atoms with Gasteiger partial charge in [-0.3, -0.25) is 4.79 Å². The summed E-state index contributed by atoms with van der Waals surface area (Å²) < 4.78 is 0. The highest BCUT2D eigenvalue weighted by atomic mass is 35.5. The van der Waals surface area contributed by atoms with Crippen LogP contribution in [0.25, 0.3) is 0 Å². The van der Waals surface area contributed by atoms with Crippen molar-refractivity contribution in [1.82, 2.24) is 9.88 Å². The first kappa shape index (κ1) is 17.2. The van der Waals surface area contributed by atoms with Crippen molar-refractivity contribution >= 4 is 23.3 Å². The zero-order chi connectivity index (χ0) is 17.8.